The summed E-state index contributed by atoms with van der Waals surface area (Å²) in [4.78, 5) is 0. The molecule has 1 aliphatic heterocycles. The molecule has 0 fully saturated rings. The zero-order valence-electron chi connectivity index (χ0n) is 7.43. The minimum Gasteiger partial charge on any atom is -0.305 e. The van der Waals surface area contributed by atoms with E-state index in [1.165, 1.54) is 6.07 Å². The molecule has 1 aliphatic rings. The Kier molecular flexibility index (Phi) is 2.46. The van der Waals surface area contributed by atoms with Crippen LogP contribution in [-0.2, 0) is 6.42 Å². The second-order valence-electron chi connectivity index (χ2n) is 3.33. The van der Waals surface area contributed by atoms with Crippen molar-refractivity contribution < 1.29 is 13.2 Å². The molecular weight excluding hydrogens is 191 g/mol. The first-order valence-corrected chi connectivity index (χ1v) is 4.49. The Morgan fingerprint density at radius 3 is 2.86 bits per heavy atom. The molecule has 14 heavy (non-hydrogen) atoms. The fraction of sp³-hybridized carbons (Fsp3) is 0.400. The van der Waals surface area contributed by atoms with Crippen molar-refractivity contribution in [3.05, 3.63) is 35.1 Å². The standard InChI is InChI=1S/C10H10F3N/c11-7-3-1-2-6-4-5-14-9(8(6)7)10(12)13/h1-3,9-10,14H,4-5H2. The average Bonchev–Trinajstić information content (AvgIpc) is 2.17. The second-order valence-corrected chi connectivity index (χ2v) is 3.33. The molecule has 2 rings (SSSR count). The van der Waals surface area contributed by atoms with Crippen LogP contribution in [0.1, 0.15) is 17.2 Å². The Hall–Kier alpha value is -1.03. The quantitative estimate of drug-likeness (QED) is 0.735. The molecule has 1 nitrogen and oxygen atoms in total. The molecule has 0 amide bonds. The van der Waals surface area contributed by atoms with Gasteiger partial charge in [0, 0.05) is 5.56 Å². The molecule has 1 atom stereocenters. The summed E-state index contributed by atoms with van der Waals surface area (Å²) in [6.45, 7) is 0.478. The molecule has 1 aromatic rings. The Bertz CT molecular complexity index is 338. The summed E-state index contributed by atoms with van der Waals surface area (Å²) in [7, 11) is 0. The minimum atomic E-state index is -2.56. The maximum Gasteiger partial charge on any atom is 0.257 e. The van der Waals surface area contributed by atoms with Crippen molar-refractivity contribution in [3.63, 3.8) is 0 Å². The second kappa shape index (κ2) is 3.61. The number of hydrogen-bond donors (Lipinski definition) is 1. The van der Waals surface area contributed by atoms with Crippen LogP contribution in [-0.4, -0.2) is 13.0 Å². The van der Waals surface area contributed by atoms with Crippen LogP contribution in [0.4, 0.5) is 13.2 Å². The third-order valence-electron chi connectivity index (χ3n) is 2.46. The summed E-state index contributed by atoms with van der Waals surface area (Å²) in [5, 5.41) is 2.63. The van der Waals surface area contributed by atoms with Gasteiger partial charge in [-0.05, 0) is 24.6 Å². The highest BCUT2D eigenvalue weighted by Crippen LogP contribution is 2.29. The highest BCUT2D eigenvalue weighted by atomic mass is 19.3. The summed E-state index contributed by atoms with van der Waals surface area (Å²) in [6, 6.07) is 3.33. The van der Waals surface area contributed by atoms with E-state index >= 15 is 0 Å². The van der Waals surface area contributed by atoms with Crippen LogP contribution < -0.4 is 5.32 Å². The van der Waals surface area contributed by atoms with Gasteiger partial charge in [-0.15, -0.1) is 0 Å². The molecule has 1 N–H and O–H groups in total. The van der Waals surface area contributed by atoms with Crippen molar-refractivity contribution >= 4 is 0 Å². The topological polar surface area (TPSA) is 12.0 Å². The summed E-state index contributed by atoms with van der Waals surface area (Å²) < 4.78 is 38.4. The van der Waals surface area contributed by atoms with Crippen molar-refractivity contribution in [3.8, 4) is 0 Å². The van der Waals surface area contributed by atoms with E-state index in [1.54, 1.807) is 12.1 Å². The molecule has 4 heteroatoms. The first-order chi connectivity index (χ1) is 6.70. The van der Waals surface area contributed by atoms with Crippen molar-refractivity contribution in [2.75, 3.05) is 6.54 Å². The zero-order chi connectivity index (χ0) is 10.1. The molecule has 1 unspecified atom stereocenters. The number of benzene rings is 1. The summed E-state index contributed by atoms with van der Waals surface area (Å²) in [5.74, 6) is -0.542. The largest absolute Gasteiger partial charge is 0.305 e. The van der Waals surface area contributed by atoms with E-state index in [4.69, 9.17) is 0 Å². The van der Waals surface area contributed by atoms with E-state index in [9.17, 15) is 13.2 Å². The SMILES string of the molecule is Fc1cccc2c1C(C(F)F)NCC2. The third-order valence-corrected chi connectivity index (χ3v) is 2.46. The first-order valence-electron chi connectivity index (χ1n) is 4.49. The normalized spacial score (nSPS) is 21.0. The highest BCUT2D eigenvalue weighted by molar-refractivity contribution is 5.34. The molecule has 0 spiro atoms. The predicted octanol–water partition coefficient (Wildman–Crippen LogP) is 2.28. The molecule has 0 saturated carbocycles. The van der Waals surface area contributed by atoms with Crippen LogP contribution in [0.5, 0.6) is 0 Å². The molecule has 0 aromatic heterocycles. The maximum absolute atomic E-state index is 13.3. The van der Waals surface area contributed by atoms with Gasteiger partial charge in [0.1, 0.15) is 5.82 Å². The van der Waals surface area contributed by atoms with Crippen molar-refractivity contribution in [1.29, 1.82) is 0 Å². The number of nitrogens with one attached hydrogen (secondary N) is 1. The van der Waals surface area contributed by atoms with Gasteiger partial charge in [-0.25, -0.2) is 13.2 Å². The number of alkyl halides is 2. The molecular formula is C10H10F3N. The summed E-state index contributed by atoms with van der Waals surface area (Å²) in [6.07, 6.45) is -1.96. The van der Waals surface area contributed by atoms with Gasteiger partial charge in [-0.1, -0.05) is 12.1 Å². The van der Waals surface area contributed by atoms with E-state index in [0.717, 1.165) is 0 Å². The average molecular weight is 201 g/mol. The molecule has 0 bridgehead atoms. The first kappa shape index (κ1) is 9.52. The maximum atomic E-state index is 13.3. The van der Waals surface area contributed by atoms with Crippen LogP contribution in [0.25, 0.3) is 0 Å². The number of rotatable bonds is 1. The lowest BCUT2D eigenvalue weighted by Crippen LogP contribution is -2.35. The number of halogens is 3. The van der Waals surface area contributed by atoms with Gasteiger partial charge in [0.05, 0.1) is 6.04 Å². The lowest BCUT2D eigenvalue weighted by molar-refractivity contribution is 0.0935. The number of fused-ring (bicyclic) bond motifs is 1. The smallest absolute Gasteiger partial charge is 0.257 e. The molecule has 0 radical (unpaired) electrons. The molecule has 76 valence electrons. The van der Waals surface area contributed by atoms with Gasteiger partial charge in [0.25, 0.3) is 6.43 Å². The van der Waals surface area contributed by atoms with Crippen LogP contribution in [0, 0.1) is 5.82 Å². The van der Waals surface area contributed by atoms with Crippen molar-refractivity contribution in [1.82, 2.24) is 5.32 Å². The van der Waals surface area contributed by atoms with Gasteiger partial charge in [0.15, 0.2) is 0 Å². The fourth-order valence-corrected chi connectivity index (χ4v) is 1.83. The van der Waals surface area contributed by atoms with E-state index in [0.29, 0.717) is 18.5 Å². The van der Waals surface area contributed by atoms with E-state index < -0.39 is 18.3 Å². The van der Waals surface area contributed by atoms with Gasteiger partial charge < -0.3 is 5.32 Å². The minimum absolute atomic E-state index is 0.133. The van der Waals surface area contributed by atoms with Crippen LogP contribution in [0.2, 0.25) is 0 Å². The van der Waals surface area contributed by atoms with Gasteiger partial charge in [0.2, 0.25) is 0 Å². The number of hydrogen-bond acceptors (Lipinski definition) is 1. The van der Waals surface area contributed by atoms with E-state index in [1.807, 2.05) is 0 Å². The van der Waals surface area contributed by atoms with Crippen LogP contribution >= 0.6 is 0 Å². The fourth-order valence-electron chi connectivity index (χ4n) is 1.83. The van der Waals surface area contributed by atoms with E-state index in [-0.39, 0.29) is 5.56 Å². The zero-order valence-corrected chi connectivity index (χ0v) is 7.43. The Balaban J connectivity index is 2.47. The Morgan fingerprint density at radius 1 is 1.36 bits per heavy atom. The predicted molar refractivity (Wildman–Crippen MR) is 46.9 cm³/mol. The van der Waals surface area contributed by atoms with Gasteiger partial charge in [-0.2, -0.15) is 0 Å². The molecule has 1 aromatic carbocycles. The molecule has 0 aliphatic carbocycles. The van der Waals surface area contributed by atoms with Crippen LogP contribution in [0.3, 0.4) is 0 Å². The Morgan fingerprint density at radius 2 is 2.14 bits per heavy atom. The lowest BCUT2D eigenvalue weighted by atomic mass is 9.94. The van der Waals surface area contributed by atoms with Gasteiger partial charge >= 0.3 is 0 Å². The summed E-state index contributed by atoms with van der Waals surface area (Å²) in [5.41, 5.74) is 0.822. The Labute approximate surface area is 79.9 Å². The lowest BCUT2D eigenvalue weighted by Gasteiger charge is -2.26. The van der Waals surface area contributed by atoms with E-state index in [2.05, 4.69) is 5.32 Å². The van der Waals surface area contributed by atoms with Gasteiger partial charge in [-0.3, -0.25) is 0 Å². The highest BCUT2D eigenvalue weighted by Gasteiger charge is 2.29. The van der Waals surface area contributed by atoms with Crippen molar-refractivity contribution in [2.45, 2.75) is 18.9 Å². The summed E-state index contributed by atoms with van der Waals surface area (Å²) >= 11 is 0. The third kappa shape index (κ3) is 1.50. The van der Waals surface area contributed by atoms with Crippen molar-refractivity contribution in [2.24, 2.45) is 0 Å². The van der Waals surface area contributed by atoms with Crippen LogP contribution in [0.15, 0.2) is 18.2 Å². The molecule has 1 heterocycles. The monoisotopic (exact) mass is 201 g/mol. The molecule has 0 saturated heterocycles.